The highest BCUT2D eigenvalue weighted by molar-refractivity contribution is 5.49. The maximum Gasteiger partial charge on any atom is 0.311 e. The van der Waals surface area contributed by atoms with Crippen molar-refractivity contribution in [3.05, 3.63) is 33.9 Å². The van der Waals surface area contributed by atoms with Crippen LogP contribution in [0.25, 0.3) is 0 Å². The van der Waals surface area contributed by atoms with Crippen LogP contribution in [0.5, 0.6) is 5.75 Å². The molecule has 1 aliphatic rings. The van der Waals surface area contributed by atoms with Crippen LogP contribution in [-0.4, -0.2) is 29.3 Å². The molecule has 1 aliphatic carbocycles. The van der Waals surface area contributed by atoms with E-state index in [2.05, 4.69) is 5.32 Å². The van der Waals surface area contributed by atoms with Gasteiger partial charge in [-0.05, 0) is 44.2 Å². The lowest BCUT2D eigenvalue weighted by molar-refractivity contribution is -0.385. The predicted octanol–water partition coefficient (Wildman–Crippen LogP) is 2.81. The molecule has 0 radical (unpaired) electrons. The van der Waals surface area contributed by atoms with Gasteiger partial charge in [0.2, 0.25) is 0 Å². The van der Waals surface area contributed by atoms with E-state index in [-0.39, 0.29) is 23.8 Å². The fraction of sp³-hybridized carbons (Fsp3) is 0.625. The summed E-state index contributed by atoms with van der Waals surface area (Å²) in [6.45, 7) is 4.90. The van der Waals surface area contributed by atoms with Crippen LogP contribution < -0.4 is 10.1 Å². The average Bonchev–Trinajstić information content (AvgIpc) is 2.90. The first-order valence-corrected chi connectivity index (χ1v) is 7.85. The Balaban J connectivity index is 2.04. The molecule has 0 aromatic heterocycles. The first-order chi connectivity index (χ1) is 10.5. The van der Waals surface area contributed by atoms with E-state index in [9.17, 15) is 15.2 Å². The molecule has 0 amide bonds. The normalized spacial score (nSPS) is 22.5. The molecule has 3 atom stereocenters. The van der Waals surface area contributed by atoms with Gasteiger partial charge in [0.05, 0.1) is 17.6 Å². The maximum absolute atomic E-state index is 11.2. The van der Waals surface area contributed by atoms with Crippen LogP contribution in [0.15, 0.2) is 18.2 Å². The lowest BCUT2D eigenvalue weighted by Gasteiger charge is -2.20. The zero-order chi connectivity index (χ0) is 16.1. The molecular weight excluding hydrogens is 284 g/mol. The molecule has 6 nitrogen and oxygen atoms in total. The monoisotopic (exact) mass is 308 g/mol. The third-order valence-electron chi connectivity index (χ3n) is 4.28. The minimum Gasteiger partial charge on any atom is -0.487 e. The van der Waals surface area contributed by atoms with Gasteiger partial charge in [-0.2, -0.15) is 0 Å². The van der Waals surface area contributed by atoms with E-state index >= 15 is 0 Å². The van der Waals surface area contributed by atoms with Crippen molar-refractivity contribution in [3.63, 3.8) is 0 Å². The SMILES string of the molecule is CCOc1ccc(C(C)NCC2CCCC2O)cc1[N+](=O)[O-]. The van der Waals surface area contributed by atoms with Gasteiger partial charge in [-0.25, -0.2) is 0 Å². The van der Waals surface area contributed by atoms with Gasteiger partial charge in [0, 0.05) is 18.7 Å². The molecule has 1 aromatic rings. The molecule has 0 aliphatic heterocycles. The van der Waals surface area contributed by atoms with Crippen LogP contribution in [0.2, 0.25) is 0 Å². The van der Waals surface area contributed by atoms with Crippen molar-refractivity contribution in [1.29, 1.82) is 0 Å². The van der Waals surface area contributed by atoms with Crippen LogP contribution in [0.4, 0.5) is 5.69 Å². The van der Waals surface area contributed by atoms with Gasteiger partial charge in [0.1, 0.15) is 0 Å². The Morgan fingerprint density at radius 3 is 2.86 bits per heavy atom. The quantitative estimate of drug-likeness (QED) is 0.597. The summed E-state index contributed by atoms with van der Waals surface area (Å²) in [4.78, 5) is 10.7. The van der Waals surface area contributed by atoms with Crippen molar-refractivity contribution >= 4 is 5.69 Å². The fourth-order valence-corrected chi connectivity index (χ4v) is 2.93. The molecule has 0 bridgehead atoms. The van der Waals surface area contributed by atoms with E-state index in [1.165, 1.54) is 0 Å². The second-order valence-electron chi connectivity index (χ2n) is 5.81. The summed E-state index contributed by atoms with van der Waals surface area (Å²) in [6, 6.07) is 5.05. The summed E-state index contributed by atoms with van der Waals surface area (Å²) < 4.78 is 5.29. The van der Waals surface area contributed by atoms with Gasteiger partial charge >= 0.3 is 5.69 Å². The molecule has 2 N–H and O–H groups in total. The van der Waals surface area contributed by atoms with E-state index in [0.717, 1.165) is 31.4 Å². The molecule has 0 saturated heterocycles. The standard InChI is InChI=1S/C16H24N2O4/c1-3-22-16-8-7-12(9-14(16)18(20)21)11(2)17-10-13-5-4-6-15(13)19/h7-9,11,13,15,17,19H,3-6,10H2,1-2H3. The Morgan fingerprint density at radius 2 is 2.27 bits per heavy atom. The third-order valence-corrected chi connectivity index (χ3v) is 4.28. The predicted molar refractivity (Wildman–Crippen MR) is 84.0 cm³/mol. The summed E-state index contributed by atoms with van der Waals surface area (Å²) in [6.07, 6.45) is 2.74. The van der Waals surface area contributed by atoms with Crippen LogP contribution >= 0.6 is 0 Å². The van der Waals surface area contributed by atoms with Crippen molar-refractivity contribution in [2.24, 2.45) is 5.92 Å². The number of nitro benzene ring substituents is 1. The summed E-state index contributed by atoms with van der Waals surface area (Å²) in [5.74, 6) is 0.579. The molecule has 3 unspecified atom stereocenters. The van der Waals surface area contributed by atoms with Crippen molar-refractivity contribution in [3.8, 4) is 5.75 Å². The highest BCUT2D eigenvalue weighted by Gasteiger charge is 2.25. The Kier molecular flexibility index (Phi) is 5.74. The molecule has 1 saturated carbocycles. The van der Waals surface area contributed by atoms with Crippen molar-refractivity contribution in [1.82, 2.24) is 5.32 Å². The molecular formula is C16H24N2O4. The zero-order valence-electron chi connectivity index (χ0n) is 13.1. The number of nitrogens with one attached hydrogen (secondary N) is 1. The molecule has 22 heavy (non-hydrogen) atoms. The summed E-state index contributed by atoms with van der Waals surface area (Å²) in [5, 5.41) is 24.4. The Morgan fingerprint density at radius 1 is 1.50 bits per heavy atom. The first kappa shape index (κ1) is 16.7. The van der Waals surface area contributed by atoms with E-state index < -0.39 is 4.92 Å². The van der Waals surface area contributed by atoms with Crippen LogP contribution in [0.1, 0.15) is 44.7 Å². The average molecular weight is 308 g/mol. The summed E-state index contributed by atoms with van der Waals surface area (Å²) in [5.41, 5.74) is 0.844. The molecule has 2 rings (SSSR count). The van der Waals surface area contributed by atoms with Gasteiger partial charge in [0.15, 0.2) is 5.75 Å². The van der Waals surface area contributed by atoms with Gasteiger partial charge in [-0.15, -0.1) is 0 Å². The number of rotatable bonds is 7. The number of benzene rings is 1. The molecule has 0 heterocycles. The highest BCUT2D eigenvalue weighted by Crippen LogP contribution is 2.31. The maximum atomic E-state index is 11.2. The number of nitrogens with zero attached hydrogens (tertiary/aromatic N) is 1. The number of nitro groups is 1. The number of ether oxygens (including phenoxy) is 1. The molecule has 1 aromatic carbocycles. The van der Waals surface area contributed by atoms with Crippen molar-refractivity contribution in [2.45, 2.75) is 45.3 Å². The minimum atomic E-state index is -0.415. The lowest BCUT2D eigenvalue weighted by Crippen LogP contribution is -2.29. The van der Waals surface area contributed by atoms with E-state index in [1.807, 2.05) is 13.0 Å². The Labute approximate surface area is 130 Å². The zero-order valence-corrected chi connectivity index (χ0v) is 13.1. The minimum absolute atomic E-state index is 0.00565. The second kappa shape index (κ2) is 7.56. The van der Waals surface area contributed by atoms with Crippen LogP contribution in [0, 0.1) is 16.0 Å². The number of hydrogen-bond donors (Lipinski definition) is 2. The smallest absolute Gasteiger partial charge is 0.311 e. The Hall–Kier alpha value is -1.66. The van der Waals surface area contributed by atoms with Gasteiger partial charge in [-0.1, -0.05) is 12.5 Å². The van der Waals surface area contributed by atoms with Gasteiger partial charge in [-0.3, -0.25) is 10.1 Å². The van der Waals surface area contributed by atoms with Gasteiger partial charge in [0.25, 0.3) is 0 Å². The Bertz CT molecular complexity index is 521. The van der Waals surface area contributed by atoms with Crippen molar-refractivity contribution < 1.29 is 14.8 Å². The number of aliphatic hydroxyl groups is 1. The molecule has 6 heteroatoms. The van der Waals surface area contributed by atoms with Crippen LogP contribution in [0.3, 0.4) is 0 Å². The molecule has 0 spiro atoms. The fourth-order valence-electron chi connectivity index (χ4n) is 2.93. The van der Waals surface area contributed by atoms with E-state index in [0.29, 0.717) is 12.4 Å². The second-order valence-corrected chi connectivity index (χ2v) is 5.81. The number of hydrogen-bond acceptors (Lipinski definition) is 5. The first-order valence-electron chi connectivity index (χ1n) is 7.85. The topological polar surface area (TPSA) is 84.6 Å². The van der Waals surface area contributed by atoms with Gasteiger partial charge < -0.3 is 15.2 Å². The van der Waals surface area contributed by atoms with Crippen molar-refractivity contribution in [2.75, 3.05) is 13.2 Å². The lowest BCUT2D eigenvalue weighted by atomic mass is 10.0. The third kappa shape index (κ3) is 3.96. The largest absolute Gasteiger partial charge is 0.487 e. The summed E-state index contributed by atoms with van der Waals surface area (Å²) in [7, 11) is 0. The highest BCUT2D eigenvalue weighted by atomic mass is 16.6. The van der Waals surface area contributed by atoms with E-state index in [1.54, 1.807) is 19.1 Å². The number of aliphatic hydroxyl groups excluding tert-OH is 1. The molecule has 122 valence electrons. The van der Waals surface area contributed by atoms with E-state index in [4.69, 9.17) is 4.74 Å². The van der Waals surface area contributed by atoms with Crippen LogP contribution in [-0.2, 0) is 0 Å². The summed E-state index contributed by atoms with van der Waals surface area (Å²) >= 11 is 0. The molecule has 1 fully saturated rings.